The summed E-state index contributed by atoms with van der Waals surface area (Å²) in [5.41, 5.74) is 3.92. The molecule has 0 aromatic carbocycles. The third-order valence-electron chi connectivity index (χ3n) is 4.37. The van der Waals surface area contributed by atoms with E-state index in [0.29, 0.717) is 11.3 Å². The lowest BCUT2D eigenvalue weighted by molar-refractivity contribution is 0.180. The molecule has 0 heterocycles. The van der Waals surface area contributed by atoms with E-state index >= 15 is 0 Å². The molecular formula is C16H25N. The molecule has 0 aromatic heterocycles. The summed E-state index contributed by atoms with van der Waals surface area (Å²) >= 11 is 0. The Labute approximate surface area is 106 Å². The molecule has 17 heavy (non-hydrogen) atoms. The third kappa shape index (κ3) is 3.46. The van der Waals surface area contributed by atoms with Gasteiger partial charge in [0, 0.05) is 5.57 Å². The Kier molecular flexibility index (Phi) is 4.57. The molecule has 1 aliphatic carbocycles. The van der Waals surface area contributed by atoms with Gasteiger partial charge in [-0.15, -0.1) is 0 Å². The second kappa shape index (κ2) is 5.54. The minimum atomic E-state index is 0.385. The highest BCUT2D eigenvalue weighted by Crippen LogP contribution is 2.45. The molecule has 1 fully saturated rings. The van der Waals surface area contributed by atoms with Crippen LogP contribution in [0.5, 0.6) is 0 Å². The monoisotopic (exact) mass is 231 g/mol. The van der Waals surface area contributed by atoms with Gasteiger partial charge in [-0.2, -0.15) is 5.26 Å². The summed E-state index contributed by atoms with van der Waals surface area (Å²) in [6, 6.07) is 2.24. The summed E-state index contributed by atoms with van der Waals surface area (Å²) in [7, 11) is 0. The van der Waals surface area contributed by atoms with Crippen molar-refractivity contribution in [2.24, 2.45) is 11.3 Å². The Morgan fingerprint density at radius 2 is 2.12 bits per heavy atom. The molecular weight excluding hydrogens is 206 g/mol. The van der Waals surface area contributed by atoms with Crippen LogP contribution >= 0.6 is 0 Å². The predicted molar refractivity (Wildman–Crippen MR) is 73.5 cm³/mol. The summed E-state index contributed by atoms with van der Waals surface area (Å²) in [6.07, 6.45) is 5.96. The Hall–Kier alpha value is -1.03. The zero-order valence-electron chi connectivity index (χ0n) is 11.8. The summed E-state index contributed by atoms with van der Waals surface area (Å²) < 4.78 is 0. The van der Waals surface area contributed by atoms with Gasteiger partial charge in [-0.05, 0) is 57.3 Å². The van der Waals surface area contributed by atoms with Crippen LogP contribution in [-0.2, 0) is 0 Å². The maximum Gasteiger partial charge on any atom is 0.0943 e. The quantitative estimate of drug-likeness (QED) is 0.495. The van der Waals surface area contributed by atoms with E-state index in [2.05, 4.69) is 33.4 Å². The van der Waals surface area contributed by atoms with Crippen LogP contribution in [0.3, 0.4) is 0 Å². The fraction of sp³-hybridized carbons (Fsp3) is 0.688. The van der Waals surface area contributed by atoms with Gasteiger partial charge in [0.2, 0.25) is 0 Å². The first kappa shape index (κ1) is 14.0. The molecule has 0 aliphatic heterocycles. The maximum atomic E-state index is 8.87. The molecule has 0 N–H and O–H groups in total. The number of hydrogen-bond acceptors (Lipinski definition) is 1. The molecule has 1 unspecified atom stereocenters. The lowest BCUT2D eigenvalue weighted by atomic mass is 9.65. The molecule has 0 radical (unpaired) electrons. The number of nitriles is 1. The summed E-state index contributed by atoms with van der Waals surface area (Å²) in [5.74, 6) is 0.623. The second-order valence-electron chi connectivity index (χ2n) is 6.11. The smallest absolute Gasteiger partial charge is 0.0943 e. The lowest BCUT2D eigenvalue weighted by Crippen LogP contribution is -2.29. The van der Waals surface area contributed by atoms with Crippen LogP contribution in [-0.4, -0.2) is 0 Å². The zero-order chi connectivity index (χ0) is 13.1. The fourth-order valence-electron chi connectivity index (χ4n) is 2.91. The number of nitrogens with zero attached hydrogens (tertiary/aromatic N) is 1. The first-order valence-electron chi connectivity index (χ1n) is 6.62. The summed E-state index contributed by atoms with van der Waals surface area (Å²) in [6.45, 7) is 13.0. The van der Waals surface area contributed by atoms with Crippen molar-refractivity contribution in [2.45, 2.75) is 59.8 Å². The Balaban J connectivity index is 2.68. The molecule has 1 nitrogen and oxygen atoms in total. The highest BCUT2D eigenvalue weighted by Gasteiger charge is 2.33. The van der Waals surface area contributed by atoms with E-state index in [0.717, 1.165) is 18.4 Å². The molecule has 1 aliphatic rings. The highest BCUT2D eigenvalue weighted by atomic mass is 14.4. The SMILES string of the molecule is C=C1CCCC(C)(C)C1CCC(C)=C(C)C#N. The first-order chi connectivity index (χ1) is 7.88. The van der Waals surface area contributed by atoms with Crippen molar-refractivity contribution in [3.63, 3.8) is 0 Å². The van der Waals surface area contributed by atoms with Gasteiger partial charge < -0.3 is 0 Å². The molecule has 1 atom stereocenters. The largest absolute Gasteiger partial charge is 0.193 e. The normalized spacial score (nSPS) is 25.1. The van der Waals surface area contributed by atoms with Crippen LogP contribution in [0.15, 0.2) is 23.3 Å². The molecule has 0 spiro atoms. The number of allylic oxidation sites excluding steroid dienone is 3. The van der Waals surface area contributed by atoms with Gasteiger partial charge in [0.1, 0.15) is 0 Å². The fourth-order valence-corrected chi connectivity index (χ4v) is 2.91. The third-order valence-corrected chi connectivity index (χ3v) is 4.37. The van der Waals surface area contributed by atoms with Crippen LogP contribution in [0, 0.1) is 22.7 Å². The highest BCUT2D eigenvalue weighted by molar-refractivity contribution is 5.24. The number of hydrogen-bond donors (Lipinski definition) is 0. The van der Waals surface area contributed by atoms with Crippen molar-refractivity contribution in [1.82, 2.24) is 0 Å². The molecule has 1 heteroatoms. The maximum absolute atomic E-state index is 8.87. The molecule has 0 bridgehead atoms. The van der Waals surface area contributed by atoms with Crippen molar-refractivity contribution in [3.8, 4) is 6.07 Å². The van der Waals surface area contributed by atoms with Gasteiger partial charge in [-0.25, -0.2) is 0 Å². The first-order valence-corrected chi connectivity index (χ1v) is 6.62. The topological polar surface area (TPSA) is 23.8 Å². The van der Waals surface area contributed by atoms with Crippen molar-refractivity contribution < 1.29 is 0 Å². The average molecular weight is 231 g/mol. The van der Waals surface area contributed by atoms with Gasteiger partial charge in [-0.3, -0.25) is 0 Å². The average Bonchev–Trinajstić information content (AvgIpc) is 2.26. The molecule has 0 aromatic rings. The minimum Gasteiger partial charge on any atom is -0.193 e. The van der Waals surface area contributed by atoms with E-state index < -0.39 is 0 Å². The minimum absolute atomic E-state index is 0.385. The Bertz CT molecular complexity index is 365. The van der Waals surface area contributed by atoms with Gasteiger partial charge in [0.25, 0.3) is 0 Å². The molecule has 0 saturated heterocycles. The van der Waals surface area contributed by atoms with Crippen LogP contribution in [0.25, 0.3) is 0 Å². The van der Waals surface area contributed by atoms with Crippen molar-refractivity contribution in [1.29, 1.82) is 5.26 Å². The second-order valence-corrected chi connectivity index (χ2v) is 6.11. The Morgan fingerprint density at radius 3 is 2.65 bits per heavy atom. The van der Waals surface area contributed by atoms with Crippen molar-refractivity contribution in [3.05, 3.63) is 23.3 Å². The van der Waals surface area contributed by atoms with Gasteiger partial charge >= 0.3 is 0 Å². The van der Waals surface area contributed by atoms with Crippen LogP contribution in [0.2, 0.25) is 0 Å². The van der Waals surface area contributed by atoms with Gasteiger partial charge in [0.05, 0.1) is 6.07 Å². The van der Waals surface area contributed by atoms with Crippen LogP contribution < -0.4 is 0 Å². The van der Waals surface area contributed by atoms with Gasteiger partial charge in [0.15, 0.2) is 0 Å². The lowest BCUT2D eigenvalue weighted by Gasteiger charge is -2.40. The number of rotatable bonds is 3. The molecule has 1 saturated carbocycles. The van der Waals surface area contributed by atoms with E-state index in [1.165, 1.54) is 30.4 Å². The zero-order valence-corrected chi connectivity index (χ0v) is 11.8. The molecule has 94 valence electrons. The predicted octanol–water partition coefficient (Wildman–Crippen LogP) is 5.01. The molecule has 0 amide bonds. The standard InChI is InChI=1S/C16H25N/c1-12(14(3)11-17)8-9-15-13(2)7-6-10-16(15,4)5/h15H,2,6-10H2,1,3-5H3. The Morgan fingerprint density at radius 1 is 1.47 bits per heavy atom. The van der Waals surface area contributed by atoms with Crippen LogP contribution in [0.1, 0.15) is 59.8 Å². The molecule has 1 rings (SSSR count). The van der Waals surface area contributed by atoms with E-state index in [1.54, 1.807) is 0 Å². The van der Waals surface area contributed by atoms with E-state index in [4.69, 9.17) is 5.26 Å². The summed E-state index contributed by atoms with van der Waals surface area (Å²) in [4.78, 5) is 0. The van der Waals surface area contributed by atoms with Crippen molar-refractivity contribution >= 4 is 0 Å². The van der Waals surface area contributed by atoms with E-state index in [1.807, 2.05) is 6.92 Å². The summed E-state index contributed by atoms with van der Waals surface area (Å²) in [5, 5.41) is 8.87. The van der Waals surface area contributed by atoms with E-state index in [9.17, 15) is 0 Å². The van der Waals surface area contributed by atoms with Crippen LogP contribution in [0.4, 0.5) is 0 Å². The van der Waals surface area contributed by atoms with Crippen molar-refractivity contribution in [2.75, 3.05) is 0 Å². The van der Waals surface area contributed by atoms with Gasteiger partial charge in [-0.1, -0.05) is 31.6 Å². The van der Waals surface area contributed by atoms with E-state index in [-0.39, 0.29) is 0 Å².